The van der Waals surface area contributed by atoms with Crippen LogP contribution in [0, 0.1) is 14.1 Å². The molecule has 1 aromatic heterocycles. The van der Waals surface area contributed by atoms with Gasteiger partial charge >= 0.3 is 0 Å². The van der Waals surface area contributed by atoms with Crippen LogP contribution in [0.4, 0.5) is 0 Å². The lowest BCUT2D eigenvalue weighted by atomic mass is 10.00. The Hall–Kier alpha value is -1.45. The van der Waals surface area contributed by atoms with E-state index in [4.69, 9.17) is 4.98 Å². The maximum absolute atomic E-state index is 5.14. The van der Waals surface area contributed by atoms with Gasteiger partial charge in [-0.15, -0.1) is 0 Å². The van der Waals surface area contributed by atoms with Crippen LogP contribution in [0.1, 0.15) is 23.9 Å². The van der Waals surface area contributed by atoms with Crippen molar-refractivity contribution in [2.24, 2.45) is 0 Å². The fourth-order valence-corrected chi connectivity index (χ4v) is 5.44. The summed E-state index contributed by atoms with van der Waals surface area (Å²) in [5.41, 5.74) is 5.65. The molecule has 1 heterocycles. The lowest BCUT2D eigenvalue weighted by Gasteiger charge is -2.09. The average Bonchev–Trinajstić information content (AvgIpc) is 3.17. The number of fused-ring (bicyclic) bond motifs is 6. The van der Waals surface area contributed by atoms with Crippen molar-refractivity contribution in [1.29, 1.82) is 0 Å². The lowest BCUT2D eigenvalue weighted by molar-refractivity contribution is 1.25. The van der Waals surface area contributed by atoms with E-state index in [1.54, 1.807) is 0 Å². The summed E-state index contributed by atoms with van der Waals surface area (Å²) in [5, 5.41) is 4.90. The molecule has 0 radical (unpaired) electrons. The van der Waals surface area contributed by atoms with E-state index >= 15 is 0 Å². The third-order valence-corrected chi connectivity index (χ3v) is 7.35. The Labute approximate surface area is 210 Å². The smallest absolute Gasteiger partial charge is 0.138 e. The molecule has 0 amide bonds. The van der Waals surface area contributed by atoms with E-state index < -0.39 is 0 Å². The quantitative estimate of drug-likeness (QED) is 0.147. The first-order chi connectivity index (χ1) is 14.5. The van der Waals surface area contributed by atoms with Crippen molar-refractivity contribution in [1.82, 2.24) is 9.97 Å². The number of nitrogens with one attached hydrogen (secondary N) is 1. The number of hydrogen-bond acceptors (Lipinski definition) is 1. The molecule has 0 saturated heterocycles. The van der Waals surface area contributed by atoms with Gasteiger partial charge in [-0.05, 0) is 117 Å². The molecule has 5 aromatic rings. The molecule has 5 heteroatoms. The molecule has 0 aliphatic carbocycles. The minimum Gasteiger partial charge on any atom is -0.337 e. The topological polar surface area (TPSA) is 28.7 Å². The highest BCUT2D eigenvalue weighted by molar-refractivity contribution is 14.1. The third-order valence-electron chi connectivity index (χ3n) is 5.52. The van der Waals surface area contributed by atoms with E-state index in [1.165, 1.54) is 39.8 Å². The number of hydrogen-bond donors (Lipinski definition) is 1. The summed E-state index contributed by atoms with van der Waals surface area (Å²) < 4.78 is 3.50. The second-order valence-corrected chi connectivity index (χ2v) is 10.8. The van der Waals surface area contributed by atoms with Crippen molar-refractivity contribution in [2.45, 2.75) is 13.8 Å². The Bertz CT molecular complexity index is 1420. The molecule has 148 valence electrons. The molecule has 4 aromatic carbocycles. The largest absolute Gasteiger partial charge is 0.337 e. The number of allylic oxidation sites excluding steroid dienone is 1. The van der Waals surface area contributed by atoms with Gasteiger partial charge in [0.1, 0.15) is 5.82 Å². The molecule has 0 fully saturated rings. The number of benzene rings is 4. The van der Waals surface area contributed by atoms with Gasteiger partial charge in [0.2, 0.25) is 0 Å². The summed E-state index contributed by atoms with van der Waals surface area (Å²) in [6.07, 6.45) is 2.14. The highest BCUT2D eigenvalue weighted by atomic mass is 127. The number of imidazole rings is 1. The zero-order chi connectivity index (χ0) is 21.0. The van der Waals surface area contributed by atoms with Gasteiger partial charge < -0.3 is 4.98 Å². The number of aryl methyl sites for hydroxylation is 1. The number of aromatic amines is 1. The maximum Gasteiger partial charge on any atom is 0.138 e. The SMILES string of the molecule is C/C=C(/c1nc2c3cc(I)ccc3c3ccc(I)cc3c2[nH]1)c1cc(Br)ccc1C. The van der Waals surface area contributed by atoms with Crippen LogP contribution in [0.5, 0.6) is 0 Å². The monoisotopic (exact) mass is 678 g/mol. The van der Waals surface area contributed by atoms with Crippen molar-refractivity contribution in [2.75, 3.05) is 0 Å². The molecule has 2 nitrogen and oxygen atoms in total. The molecule has 0 aliphatic rings. The standard InChI is InChI=1S/C25H17BrI2N2/c1-3-17(20-10-14(26)5-4-13(20)2)25-29-23-21-11-15(27)6-8-18(21)19-9-7-16(28)12-22(19)24(23)30-25/h3-12H,1-2H3,(H,29,30)/b17-3+. The summed E-state index contributed by atoms with van der Waals surface area (Å²) in [4.78, 5) is 8.81. The molecular weight excluding hydrogens is 662 g/mol. The Morgan fingerprint density at radius 3 is 2.27 bits per heavy atom. The van der Waals surface area contributed by atoms with Gasteiger partial charge in [0, 0.05) is 28.0 Å². The Balaban J connectivity index is 1.89. The summed E-state index contributed by atoms with van der Waals surface area (Å²) in [6.45, 7) is 4.22. The van der Waals surface area contributed by atoms with E-state index in [9.17, 15) is 0 Å². The molecule has 0 aliphatic heterocycles. The third kappa shape index (κ3) is 3.39. The van der Waals surface area contributed by atoms with Gasteiger partial charge in [-0.25, -0.2) is 4.98 Å². The van der Waals surface area contributed by atoms with Gasteiger partial charge in [0.05, 0.1) is 11.0 Å². The molecule has 0 bridgehead atoms. The fourth-order valence-electron chi connectivity index (χ4n) is 4.10. The van der Waals surface area contributed by atoms with Gasteiger partial charge in [-0.2, -0.15) is 0 Å². The number of halogens is 3. The van der Waals surface area contributed by atoms with Gasteiger partial charge in [0.15, 0.2) is 0 Å². The van der Waals surface area contributed by atoms with Gasteiger partial charge in [-0.3, -0.25) is 0 Å². The van der Waals surface area contributed by atoms with E-state index in [-0.39, 0.29) is 0 Å². The minimum absolute atomic E-state index is 0.903. The van der Waals surface area contributed by atoms with Crippen LogP contribution < -0.4 is 0 Å². The first-order valence-electron chi connectivity index (χ1n) is 9.59. The van der Waals surface area contributed by atoms with Crippen molar-refractivity contribution in [3.8, 4) is 0 Å². The maximum atomic E-state index is 5.14. The van der Waals surface area contributed by atoms with Crippen molar-refractivity contribution in [3.05, 3.63) is 89.2 Å². The van der Waals surface area contributed by atoms with Crippen LogP contribution in [0.15, 0.2) is 65.1 Å². The number of nitrogens with zero attached hydrogens (tertiary/aromatic N) is 1. The normalized spacial score (nSPS) is 12.4. The number of H-pyrrole nitrogens is 1. The van der Waals surface area contributed by atoms with Crippen LogP contribution in [0.2, 0.25) is 0 Å². The van der Waals surface area contributed by atoms with Crippen LogP contribution in [-0.2, 0) is 0 Å². The first kappa shape index (κ1) is 20.5. The van der Waals surface area contributed by atoms with Crippen LogP contribution >= 0.6 is 61.1 Å². The van der Waals surface area contributed by atoms with Crippen LogP contribution in [-0.4, -0.2) is 9.97 Å². The summed E-state index contributed by atoms with van der Waals surface area (Å²) in [7, 11) is 0. The number of aromatic nitrogens is 2. The van der Waals surface area contributed by atoms with E-state index in [1.807, 2.05) is 0 Å². The zero-order valence-electron chi connectivity index (χ0n) is 16.4. The van der Waals surface area contributed by atoms with E-state index in [0.717, 1.165) is 26.9 Å². The van der Waals surface area contributed by atoms with E-state index in [0.29, 0.717) is 0 Å². The summed E-state index contributed by atoms with van der Waals surface area (Å²) in [5.74, 6) is 0.903. The van der Waals surface area contributed by atoms with Crippen molar-refractivity contribution in [3.63, 3.8) is 0 Å². The number of rotatable bonds is 2. The minimum atomic E-state index is 0.903. The van der Waals surface area contributed by atoms with Crippen LogP contribution in [0.3, 0.4) is 0 Å². The molecule has 0 atom stereocenters. The molecular formula is C25H17BrI2N2. The highest BCUT2D eigenvalue weighted by Gasteiger charge is 2.17. The predicted octanol–water partition coefficient (Wildman–Crippen LogP) is 8.60. The lowest BCUT2D eigenvalue weighted by Crippen LogP contribution is -1.93. The summed E-state index contributed by atoms with van der Waals surface area (Å²) in [6, 6.07) is 19.7. The van der Waals surface area contributed by atoms with Gasteiger partial charge in [-0.1, -0.05) is 40.2 Å². The predicted molar refractivity (Wildman–Crippen MR) is 148 cm³/mol. The Morgan fingerprint density at radius 1 is 0.900 bits per heavy atom. The fraction of sp³-hybridized carbons (Fsp3) is 0.0800. The van der Waals surface area contributed by atoms with Crippen molar-refractivity contribution < 1.29 is 0 Å². The summed E-state index contributed by atoms with van der Waals surface area (Å²) >= 11 is 8.38. The second kappa shape index (κ2) is 7.91. The first-order valence-corrected chi connectivity index (χ1v) is 12.5. The van der Waals surface area contributed by atoms with Crippen molar-refractivity contribution >= 4 is 99.3 Å². The molecule has 0 saturated carbocycles. The van der Waals surface area contributed by atoms with E-state index in [2.05, 4.69) is 141 Å². The molecule has 1 N–H and O–H groups in total. The Morgan fingerprint density at radius 2 is 1.57 bits per heavy atom. The molecule has 0 unspecified atom stereocenters. The molecule has 30 heavy (non-hydrogen) atoms. The average molecular weight is 679 g/mol. The highest BCUT2D eigenvalue weighted by Crippen LogP contribution is 2.37. The van der Waals surface area contributed by atoms with Gasteiger partial charge in [0.25, 0.3) is 0 Å². The molecule has 0 spiro atoms. The second-order valence-electron chi connectivity index (χ2n) is 7.35. The van der Waals surface area contributed by atoms with Crippen LogP contribution in [0.25, 0.3) is 38.2 Å². The molecule has 5 rings (SSSR count). The zero-order valence-corrected chi connectivity index (χ0v) is 22.3. The Kier molecular flexibility index (Phi) is 5.39.